The Labute approximate surface area is 105 Å². The Hall–Kier alpha value is -2.30. The highest BCUT2D eigenvalue weighted by Crippen LogP contribution is 2.18. The first-order chi connectivity index (χ1) is 8.49. The lowest BCUT2D eigenvalue weighted by molar-refractivity contribution is 0.0695. The minimum Gasteiger partial charge on any atom is -0.478 e. The molecule has 0 saturated heterocycles. The van der Waals surface area contributed by atoms with Gasteiger partial charge in [-0.1, -0.05) is 6.07 Å². The zero-order valence-corrected chi connectivity index (χ0v) is 10.4. The molecule has 2 aromatic rings. The van der Waals surface area contributed by atoms with Crippen LogP contribution < -0.4 is 0 Å². The molecule has 2 aromatic heterocycles. The molecule has 92 valence electrons. The summed E-state index contributed by atoms with van der Waals surface area (Å²) in [5.74, 6) is -0.567. The first-order valence-electron chi connectivity index (χ1n) is 5.49. The van der Waals surface area contributed by atoms with Gasteiger partial charge in [0.25, 0.3) is 0 Å². The van der Waals surface area contributed by atoms with Gasteiger partial charge in [-0.3, -0.25) is 4.98 Å². The molecule has 1 N–H and O–H groups in total. The van der Waals surface area contributed by atoms with Crippen LogP contribution in [0.4, 0.5) is 0 Å². The highest BCUT2D eigenvalue weighted by Gasteiger charge is 2.12. The van der Waals surface area contributed by atoms with Crippen LogP contribution in [0.3, 0.4) is 0 Å². The van der Waals surface area contributed by atoms with Gasteiger partial charge < -0.3 is 5.11 Å². The molecule has 5 nitrogen and oxygen atoms in total. The number of aryl methyl sites for hydroxylation is 3. The standard InChI is InChI=1S/C13H13N3O2/c1-7-4-8(2)11(14-5-7)12-15-6-10(13(17)18)9(3)16-12/h4-6H,1-3H3,(H,17,18). The monoisotopic (exact) mass is 243 g/mol. The molecular formula is C13H13N3O2. The highest BCUT2D eigenvalue weighted by atomic mass is 16.4. The summed E-state index contributed by atoms with van der Waals surface area (Å²) in [6.07, 6.45) is 3.06. The molecule has 0 spiro atoms. The molecule has 0 saturated carbocycles. The molecule has 0 fully saturated rings. The Morgan fingerprint density at radius 1 is 1.17 bits per heavy atom. The third-order valence-corrected chi connectivity index (χ3v) is 2.64. The Bertz CT molecular complexity index is 624. The number of carbonyl (C=O) groups is 1. The maximum Gasteiger partial charge on any atom is 0.339 e. The minimum absolute atomic E-state index is 0.114. The maximum absolute atomic E-state index is 10.9. The van der Waals surface area contributed by atoms with Crippen LogP contribution in [0.25, 0.3) is 11.5 Å². The Balaban J connectivity index is 2.52. The van der Waals surface area contributed by atoms with Crippen LogP contribution >= 0.6 is 0 Å². The Morgan fingerprint density at radius 2 is 1.89 bits per heavy atom. The number of hydrogen-bond acceptors (Lipinski definition) is 4. The van der Waals surface area contributed by atoms with Gasteiger partial charge in [-0.25, -0.2) is 14.8 Å². The summed E-state index contributed by atoms with van der Waals surface area (Å²) >= 11 is 0. The second-order valence-electron chi connectivity index (χ2n) is 4.18. The summed E-state index contributed by atoms with van der Waals surface area (Å²) < 4.78 is 0. The fraction of sp³-hybridized carbons (Fsp3) is 0.231. The molecule has 0 bridgehead atoms. The topological polar surface area (TPSA) is 76.0 Å². The number of hydrogen-bond donors (Lipinski definition) is 1. The van der Waals surface area contributed by atoms with E-state index in [9.17, 15) is 4.79 Å². The van der Waals surface area contributed by atoms with Crippen LogP contribution in [-0.4, -0.2) is 26.0 Å². The van der Waals surface area contributed by atoms with Gasteiger partial charge in [0.05, 0.1) is 11.3 Å². The van der Waals surface area contributed by atoms with Crippen LogP contribution in [-0.2, 0) is 0 Å². The van der Waals surface area contributed by atoms with Gasteiger partial charge in [0.15, 0.2) is 5.82 Å². The zero-order chi connectivity index (χ0) is 13.3. The van der Waals surface area contributed by atoms with Gasteiger partial charge in [0, 0.05) is 12.4 Å². The summed E-state index contributed by atoms with van der Waals surface area (Å²) in [6, 6.07) is 1.99. The van der Waals surface area contributed by atoms with Crippen molar-refractivity contribution in [2.24, 2.45) is 0 Å². The Kier molecular flexibility index (Phi) is 3.06. The molecule has 2 heterocycles. The number of aromatic carboxylic acids is 1. The first-order valence-corrected chi connectivity index (χ1v) is 5.49. The van der Waals surface area contributed by atoms with Gasteiger partial charge in [-0.2, -0.15) is 0 Å². The van der Waals surface area contributed by atoms with Crippen molar-refractivity contribution in [1.82, 2.24) is 15.0 Å². The van der Waals surface area contributed by atoms with E-state index in [-0.39, 0.29) is 5.56 Å². The molecular weight excluding hydrogens is 230 g/mol. The summed E-state index contributed by atoms with van der Waals surface area (Å²) in [7, 11) is 0. The van der Waals surface area contributed by atoms with Crippen molar-refractivity contribution in [2.75, 3.05) is 0 Å². The third-order valence-electron chi connectivity index (χ3n) is 2.64. The molecule has 0 aliphatic heterocycles. The summed E-state index contributed by atoms with van der Waals surface area (Å²) in [6.45, 7) is 5.54. The van der Waals surface area contributed by atoms with E-state index in [1.54, 1.807) is 13.1 Å². The first kappa shape index (κ1) is 12.2. The van der Waals surface area contributed by atoms with Crippen molar-refractivity contribution < 1.29 is 9.90 Å². The van der Waals surface area contributed by atoms with Crippen LogP contribution in [0.1, 0.15) is 27.2 Å². The number of carboxylic acids is 1. The number of carboxylic acid groups (broad SMARTS) is 1. The molecule has 18 heavy (non-hydrogen) atoms. The van der Waals surface area contributed by atoms with Crippen molar-refractivity contribution >= 4 is 5.97 Å². The van der Waals surface area contributed by atoms with Gasteiger partial charge in [0.1, 0.15) is 5.69 Å². The Morgan fingerprint density at radius 3 is 2.44 bits per heavy atom. The molecule has 0 amide bonds. The molecule has 0 unspecified atom stereocenters. The van der Waals surface area contributed by atoms with E-state index >= 15 is 0 Å². The van der Waals surface area contributed by atoms with Crippen LogP contribution in [0.2, 0.25) is 0 Å². The molecule has 0 aliphatic rings. The fourth-order valence-corrected chi connectivity index (χ4v) is 1.74. The van der Waals surface area contributed by atoms with E-state index in [4.69, 9.17) is 5.11 Å². The molecule has 2 rings (SSSR count). The van der Waals surface area contributed by atoms with E-state index in [0.29, 0.717) is 17.2 Å². The molecule has 0 aromatic carbocycles. The van der Waals surface area contributed by atoms with Crippen molar-refractivity contribution in [3.63, 3.8) is 0 Å². The normalized spacial score (nSPS) is 10.4. The average molecular weight is 243 g/mol. The van der Waals surface area contributed by atoms with Crippen LogP contribution in [0, 0.1) is 20.8 Å². The van der Waals surface area contributed by atoms with Crippen molar-refractivity contribution in [2.45, 2.75) is 20.8 Å². The second-order valence-corrected chi connectivity index (χ2v) is 4.18. The molecule has 0 radical (unpaired) electrons. The molecule has 5 heteroatoms. The average Bonchev–Trinajstić information content (AvgIpc) is 2.28. The van der Waals surface area contributed by atoms with E-state index in [2.05, 4.69) is 15.0 Å². The lowest BCUT2D eigenvalue weighted by atomic mass is 10.1. The fourth-order valence-electron chi connectivity index (χ4n) is 1.74. The van der Waals surface area contributed by atoms with E-state index in [1.807, 2.05) is 19.9 Å². The van der Waals surface area contributed by atoms with E-state index in [0.717, 1.165) is 11.1 Å². The lowest BCUT2D eigenvalue weighted by Gasteiger charge is -2.06. The predicted octanol–water partition coefficient (Wildman–Crippen LogP) is 2.16. The molecule has 0 atom stereocenters. The quantitative estimate of drug-likeness (QED) is 0.874. The van der Waals surface area contributed by atoms with E-state index < -0.39 is 5.97 Å². The third kappa shape index (κ3) is 2.20. The largest absolute Gasteiger partial charge is 0.478 e. The van der Waals surface area contributed by atoms with Gasteiger partial charge in [-0.05, 0) is 31.9 Å². The summed E-state index contributed by atoms with van der Waals surface area (Å²) in [5, 5.41) is 8.92. The number of aromatic nitrogens is 3. The van der Waals surface area contributed by atoms with Crippen LogP contribution in [0.5, 0.6) is 0 Å². The number of pyridine rings is 1. The number of rotatable bonds is 2. The summed E-state index contributed by atoms with van der Waals surface area (Å²) in [5.41, 5.74) is 3.27. The predicted molar refractivity (Wildman–Crippen MR) is 66.4 cm³/mol. The van der Waals surface area contributed by atoms with E-state index in [1.165, 1.54) is 6.20 Å². The zero-order valence-electron chi connectivity index (χ0n) is 10.4. The highest BCUT2D eigenvalue weighted by molar-refractivity contribution is 5.88. The SMILES string of the molecule is Cc1cnc(-c2ncc(C(=O)O)c(C)n2)c(C)c1. The van der Waals surface area contributed by atoms with Gasteiger partial charge in [0.2, 0.25) is 0 Å². The number of nitrogens with zero attached hydrogens (tertiary/aromatic N) is 3. The smallest absolute Gasteiger partial charge is 0.339 e. The second kappa shape index (κ2) is 4.52. The lowest BCUT2D eigenvalue weighted by Crippen LogP contribution is -2.05. The van der Waals surface area contributed by atoms with Gasteiger partial charge in [-0.15, -0.1) is 0 Å². The minimum atomic E-state index is -1.02. The van der Waals surface area contributed by atoms with Crippen molar-refractivity contribution in [3.05, 3.63) is 40.8 Å². The van der Waals surface area contributed by atoms with Crippen molar-refractivity contribution in [3.8, 4) is 11.5 Å². The van der Waals surface area contributed by atoms with Crippen molar-refractivity contribution in [1.29, 1.82) is 0 Å². The van der Waals surface area contributed by atoms with Crippen LogP contribution in [0.15, 0.2) is 18.5 Å². The summed E-state index contributed by atoms with van der Waals surface area (Å²) in [4.78, 5) is 23.4. The molecule has 0 aliphatic carbocycles. The maximum atomic E-state index is 10.9. The van der Waals surface area contributed by atoms with Gasteiger partial charge >= 0.3 is 5.97 Å².